The largest absolute Gasteiger partial charge is 0.361 e. The monoisotopic (exact) mass is 256 g/mol. The second-order valence-electron chi connectivity index (χ2n) is 5.95. The zero-order valence-corrected chi connectivity index (χ0v) is 11.9. The van der Waals surface area contributed by atoms with Gasteiger partial charge in [-0.3, -0.25) is 0 Å². The van der Waals surface area contributed by atoms with Gasteiger partial charge >= 0.3 is 0 Å². The Labute approximate surface area is 115 Å². The standard InChI is InChI=1S/C17H24N2/c1-3-13-8-9-16(12(13)2)18-10-14-11-19-17-7-5-4-6-15(14)17/h4-7,11-13,16,18-19H,3,8-10H2,1-2H3. The van der Waals surface area contributed by atoms with Crippen molar-refractivity contribution in [3.63, 3.8) is 0 Å². The van der Waals surface area contributed by atoms with E-state index in [1.54, 1.807) is 0 Å². The van der Waals surface area contributed by atoms with E-state index in [1.165, 1.54) is 35.7 Å². The minimum Gasteiger partial charge on any atom is -0.361 e. The third kappa shape index (κ3) is 2.42. The molecule has 0 amide bonds. The molecule has 2 N–H and O–H groups in total. The van der Waals surface area contributed by atoms with Crippen molar-refractivity contribution in [2.45, 2.75) is 45.7 Å². The lowest BCUT2D eigenvalue weighted by Gasteiger charge is -2.20. The molecule has 2 aromatic rings. The van der Waals surface area contributed by atoms with Gasteiger partial charge < -0.3 is 10.3 Å². The summed E-state index contributed by atoms with van der Waals surface area (Å²) < 4.78 is 0. The average Bonchev–Trinajstić information content (AvgIpc) is 3.00. The van der Waals surface area contributed by atoms with E-state index in [0.29, 0.717) is 6.04 Å². The van der Waals surface area contributed by atoms with Crippen LogP contribution in [-0.4, -0.2) is 11.0 Å². The van der Waals surface area contributed by atoms with Crippen LogP contribution in [0, 0.1) is 11.8 Å². The molecule has 1 saturated carbocycles. The normalized spacial score (nSPS) is 27.2. The number of fused-ring (bicyclic) bond motifs is 1. The Morgan fingerprint density at radius 2 is 2.11 bits per heavy atom. The molecule has 3 rings (SSSR count). The number of hydrogen-bond donors (Lipinski definition) is 2. The number of H-pyrrole nitrogens is 1. The molecule has 0 aliphatic heterocycles. The van der Waals surface area contributed by atoms with Crippen LogP contribution in [0.1, 0.15) is 38.7 Å². The highest BCUT2D eigenvalue weighted by atomic mass is 14.9. The van der Waals surface area contributed by atoms with Gasteiger partial charge in [0, 0.05) is 29.7 Å². The predicted molar refractivity (Wildman–Crippen MR) is 81.1 cm³/mol. The van der Waals surface area contributed by atoms with Crippen molar-refractivity contribution in [1.29, 1.82) is 0 Å². The number of hydrogen-bond acceptors (Lipinski definition) is 1. The molecule has 3 unspecified atom stereocenters. The molecule has 0 spiro atoms. The first-order chi connectivity index (χ1) is 9.29. The van der Waals surface area contributed by atoms with E-state index in [0.717, 1.165) is 18.4 Å². The van der Waals surface area contributed by atoms with Crippen molar-refractivity contribution in [1.82, 2.24) is 10.3 Å². The average molecular weight is 256 g/mol. The fraction of sp³-hybridized carbons (Fsp3) is 0.529. The SMILES string of the molecule is CCC1CCC(NCc2c[nH]c3ccccc23)C1C. The molecule has 1 aromatic carbocycles. The molecule has 1 heterocycles. The first-order valence-electron chi connectivity index (χ1n) is 7.58. The zero-order chi connectivity index (χ0) is 13.2. The van der Waals surface area contributed by atoms with Crippen molar-refractivity contribution in [3.05, 3.63) is 36.0 Å². The summed E-state index contributed by atoms with van der Waals surface area (Å²) in [5.74, 6) is 1.73. The number of aromatic nitrogens is 1. The summed E-state index contributed by atoms with van der Waals surface area (Å²) in [6.07, 6.45) is 6.20. The topological polar surface area (TPSA) is 27.8 Å². The molecule has 1 aromatic heterocycles. The van der Waals surface area contributed by atoms with Crippen LogP contribution in [0.15, 0.2) is 30.5 Å². The van der Waals surface area contributed by atoms with Crippen molar-refractivity contribution < 1.29 is 0 Å². The highest BCUT2D eigenvalue weighted by Crippen LogP contribution is 2.34. The molecule has 2 heteroatoms. The van der Waals surface area contributed by atoms with Crippen LogP contribution < -0.4 is 5.32 Å². The lowest BCUT2D eigenvalue weighted by molar-refractivity contribution is 0.344. The number of rotatable bonds is 4. The van der Waals surface area contributed by atoms with Gasteiger partial charge in [0.1, 0.15) is 0 Å². The summed E-state index contributed by atoms with van der Waals surface area (Å²) in [7, 11) is 0. The van der Waals surface area contributed by atoms with Crippen LogP contribution >= 0.6 is 0 Å². The quantitative estimate of drug-likeness (QED) is 0.847. The van der Waals surface area contributed by atoms with Gasteiger partial charge in [0.2, 0.25) is 0 Å². The molecule has 0 radical (unpaired) electrons. The highest BCUT2D eigenvalue weighted by molar-refractivity contribution is 5.82. The maximum absolute atomic E-state index is 3.77. The Kier molecular flexibility index (Phi) is 3.61. The fourth-order valence-electron chi connectivity index (χ4n) is 3.63. The molecule has 1 aliphatic carbocycles. The van der Waals surface area contributed by atoms with Gasteiger partial charge in [-0.15, -0.1) is 0 Å². The molecule has 19 heavy (non-hydrogen) atoms. The number of para-hydroxylation sites is 1. The van der Waals surface area contributed by atoms with E-state index in [1.807, 2.05) is 0 Å². The van der Waals surface area contributed by atoms with E-state index in [9.17, 15) is 0 Å². The number of aromatic amines is 1. The first-order valence-corrected chi connectivity index (χ1v) is 7.58. The van der Waals surface area contributed by atoms with Crippen molar-refractivity contribution in [2.24, 2.45) is 11.8 Å². The molecule has 1 aliphatic rings. The van der Waals surface area contributed by atoms with Crippen LogP contribution in [0.4, 0.5) is 0 Å². The molecular formula is C17H24N2. The van der Waals surface area contributed by atoms with Crippen molar-refractivity contribution in [2.75, 3.05) is 0 Å². The summed E-state index contributed by atoms with van der Waals surface area (Å²) in [5.41, 5.74) is 2.63. The highest BCUT2D eigenvalue weighted by Gasteiger charge is 2.30. The van der Waals surface area contributed by atoms with E-state index >= 15 is 0 Å². The Bertz CT molecular complexity index is 543. The van der Waals surface area contributed by atoms with Gasteiger partial charge in [0.15, 0.2) is 0 Å². The minimum absolute atomic E-state index is 0.693. The second-order valence-corrected chi connectivity index (χ2v) is 5.95. The Morgan fingerprint density at radius 1 is 1.26 bits per heavy atom. The van der Waals surface area contributed by atoms with E-state index in [2.05, 4.69) is 54.6 Å². The summed E-state index contributed by atoms with van der Waals surface area (Å²) >= 11 is 0. The summed E-state index contributed by atoms with van der Waals surface area (Å²) in [6, 6.07) is 9.24. The van der Waals surface area contributed by atoms with Crippen LogP contribution in [0.5, 0.6) is 0 Å². The van der Waals surface area contributed by atoms with E-state index in [4.69, 9.17) is 0 Å². The van der Waals surface area contributed by atoms with Crippen LogP contribution in [-0.2, 0) is 6.54 Å². The van der Waals surface area contributed by atoms with Gasteiger partial charge in [0.25, 0.3) is 0 Å². The molecule has 2 nitrogen and oxygen atoms in total. The molecule has 0 bridgehead atoms. The van der Waals surface area contributed by atoms with Crippen LogP contribution in [0.2, 0.25) is 0 Å². The maximum Gasteiger partial charge on any atom is 0.0457 e. The first kappa shape index (κ1) is 12.7. The lowest BCUT2D eigenvalue weighted by Crippen LogP contribution is -2.32. The third-order valence-electron chi connectivity index (χ3n) is 4.98. The van der Waals surface area contributed by atoms with Crippen molar-refractivity contribution in [3.8, 4) is 0 Å². The molecule has 102 valence electrons. The second kappa shape index (κ2) is 5.38. The predicted octanol–water partition coefficient (Wildman–Crippen LogP) is 4.08. The van der Waals surface area contributed by atoms with Gasteiger partial charge in [-0.25, -0.2) is 0 Å². The smallest absolute Gasteiger partial charge is 0.0457 e. The van der Waals surface area contributed by atoms with Crippen LogP contribution in [0.3, 0.4) is 0 Å². The molecule has 3 atom stereocenters. The molecule has 0 saturated heterocycles. The summed E-state index contributed by atoms with van der Waals surface area (Å²) in [6.45, 7) is 5.72. The number of nitrogens with one attached hydrogen (secondary N) is 2. The molecular weight excluding hydrogens is 232 g/mol. The van der Waals surface area contributed by atoms with E-state index in [-0.39, 0.29) is 0 Å². The van der Waals surface area contributed by atoms with E-state index < -0.39 is 0 Å². The van der Waals surface area contributed by atoms with Gasteiger partial charge in [0.05, 0.1) is 0 Å². The maximum atomic E-state index is 3.77. The Morgan fingerprint density at radius 3 is 2.89 bits per heavy atom. The third-order valence-corrected chi connectivity index (χ3v) is 4.98. The van der Waals surface area contributed by atoms with Crippen LogP contribution in [0.25, 0.3) is 10.9 Å². The minimum atomic E-state index is 0.693. The van der Waals surface area contributed by atoms with Gasteiger partial charge in [-0.05, 0) is 36.3 Å². The number of benzene rings is 1. The summed E-state index contributed by atoms with van der Waals surface area (Å²) in [5, 5.41) is 5.12. The Balaban J connectivity index is 1.67. The Hall–Kier alpha value is -1.28. The fourth-order valence-corrected chi connectivity index (χ4v) is 3.63. The summed E-state index contributed by atoms with van der Waals surface area (Å²) in [4.78, 5) is 3.35. The lowest BCUT2D eigenvalue weighted by atomic mass is 9.93. The zero-order valence-electron chi connectivity index (χ0n) is 11.9. The van der Waals surface area contributed by atoms with Gasteiger partial charge in [-0.2, -0.15) is 0 Å². The molecule has 1 fully saturated rings. The van der Waals surface area contributed by atoms with Crippen molar-refractivity contribution >= 4 is 10.9 Å². The van der Waals surface area contributed by atoms with Gasteiger partial charge in [-0.1, -0.05) is 38.5 Å².